The van der Waals surface area contributed by atoms with E-state index in [1.807, 2.05) is 12.1 Å². The second-order valence-electron chi connectivity index (χ2n) is 9.57. The minimum atomic E-state index is -0.692. The minimum absolute atomic E-state index is 0.0242. The first-order valence-electron chi connectivity index (χ1n) is 11.7. The number of hydrogen-bond donors (Lipinski definition) is 0. The van der Waals surface area contributed by atoms with Crippen LogP contribution in [0.25, 0.3) is 0 Å². The molecule has 0 radical (unpaired) electrons. The van der Waals surface area contributed by atoms with Gasteiger partial charge in [-0.15, -0.1) is 0 Å². The van der Waals surface area contributed by atoms with Gasteiger partial charge in [0.2, 0.25) is 0 Å². The molecular formula is C27H40O3. The van der Waals surface area contributed by atoms with Crippen LogP contribution < -0.4 is 0 Å². The summed E-state index contributed by atoms with van der Waals surface area (Å²) in [4.78, 5) is 25.3. The summed E-state index contributed by atoms with van der Waals surface area (Å²) in [6.07, 6.45) is 10.3. The van der Waals surface area contributed by atoms with Crippen LogP contribution in [0.1, 0.15) is 85.1 Å². The van der Waals surface area contributed by atoms with Crippen LogP contribution in [0.3, 0.4) is 0 Å². The molecule has 1 fully saturated rings. The maximum absolute atomic E-state index is 12.8. The molecule has 1 unspecified atom stereocenters. The number of allylic oxidation sites excluding steroid dienone is 2. The molecule has 1 aliphatic carbocycles. The maximum atomic E-state index is 12.8. The van der Waals surface area contributed by atoms with Crippen LogP contribution >= 0.6 is 0 Å². The predicted molar refractivity (Wildman–Crippen MR) is 123 cm³/mol. The summed E-state index contributed by atoms with van der Waals surface area (Å²) in [7, 11) is 0. The van der Waals surface area contributed by atoms with Crippen molar-refractivity contribution in [2.45, 2.75) is 91.1 Å². The van der Waals surface area contributed by atoms with E-state index in [9.17, 15) is 9.59 Å². The largest absolute Gasteiger partial charge is 0.462 e. The molecule has 4 atom stereocenters. The number of esters is 1. The van der Waals surface area contributed by atoms with E-state index < -0.39 is 5.92 Å². The summed E-state index contributed by atoms with van der Waals surface area (Å²) >= 11 is 0. The Morgan fingerprint density at radius 3 is 2.47 bits per heavy atom. The van der Waals surface area contributed by atoms with Crippen LogP contribution in [0, 0.1) is 17.8 Å². The Kier molecular flexibility index (Phi) is 9.33. The maximum Gasteiger partial charge on any atom is 0.316 e. The van der Waals surface area contributed by atoms with Gasteiger partial charge in [0.05, 0.1) is 0 Å². The number of ether oxygens (including phenoxy) is 1. The lowest BCUT2D eigenvalue weighted by atomic mass is 9.64. The molecule has 0 heterocycles. The quantitative estimate of drug-likeness (QED) is 0.245. The van der Waals surface area contributed by atoms with Gasteiger partial charge in [0.25, 0.3) is 0 Å². The lowest BCUT2D eigenvalue weighted by Gasteiger charge is -2.44. The van der Waals surface area contributed by atoms with Gasteiger partial charge in [-0.1, -0.05) is 83.0 Å². The Labute approximate surface area is 183 Å². The number of hydrogen-bond acceptors (Lipinski definition) is 3. The van der Waals surface area contributed by atoms with Crippen molar-refractivity contribution in [3.8, 4) is 0 Å². The van der Waals surface area contributed by atoms with Gasteiger partial charge in [-0.2, -0.15) is 0 Å². The summed E-state index contributed by atoms with van der Waals surface area (Å²) in [6, 6.07) is 10.5. The molecule has 1 saturated carbocycles. The highest BCUT2D eigenvalue weighted by Gasteiger charge is 2.42. The monoisotopic (exact) mass is 412 g/mol. The average molecular weight is 413 g/mol. The molecule has 3 nitrogen and oxygen atoms in total. The van der Waals surface area contributed by atoms with Crippen LogP contribution in [0.2, 0.25) is 0 Å². The molecule has 1 aromatic rings. The van der Waals surface area contributed by atoms with E-state index in [-0.39, 0.29) is 29.2 Å². The van der Waals surface area contributed by atoms with Crippen molar-refractivity contribution in [1.29, 1.82) is 0 Å². The molecule has 0 N–H and O–H groups in total. The highest BCUT2D eigenvalue weighted by Crippen LogP contribution is 2.43. The molecule has 2 rings (SSSR count). The van der Waals surface area contributed by atoms with E-state index >= 15 is 0 Å². The van der Waals surface area contributed by atoms with Crippen LogP contribution in [0.5, 0.6) is 0 Å². The molecule has 30 heavy (non-hydrogen) atoms. The first-order chi connectivity index (χ1) is 14.3. The Morgan fingerprint density at radius 1 is 1.13 bits per heavy atom. The Bertz CT molecular complexity index is 704. The van der Waals surface area contributed by atoms with E-state index in [2.05, 4.69) is 58.0 Å². The van der Waals surface area contributed by atoms with Crippen LogP contribution in [0.15, 0.2) is 42.5 Å². The molecule has 0 spiro atoms. The fourth-order valence-corrected chi connectivity index (χ4v) is 4.59. The zero-order valence-corrected chi connectivity index (χ0v) is 19.5. The Morgan fingerprint density at radius 2 is 1.80 bits per heavy atom. The molecule has 0 aliphatic heterocycles. The van der Waals surface area contributed by atoms with Gasteiger partial charge in [0.15, 0.2) is 0 Å². The zero-order chi connectivity index (χ0) is 22.1. The second kappa shape index (κ2) is 11.5. The SMILES string of the molecule is CCC/C=C/CCC(=O)C(C)C(=O)O[C@@H]1C[C@H](C)CC[C@H]1C(C)(C)c1ccccc1. The number of ketones is 1. The number of unbranched alkanes of at least 4 members (excludes halogenated alkanes) is 1. The summed E-state index contributed by atoms with van der Waals surface area (Å²) < 4.78 is 6.03. The van der Waals surface area contributed by atoms with Crippen molar-refractivity contribution < 1.29 is 14.3 Å². The fourth-order valence-electron chi connectivity index (χ4n) is 4.59. The van der Waals surface area contributed by atoms with Gasteiger partial charge in [-0.05, 0) is 49.5 Å². The van der Waals surface area contributed by atoms with Gasteiger partial charge in [-0.25, -0.2) is 0 Å². The van der Waals surface area contributed by atoms with Crippen molar-refractivity contribution in [1.82, 2.24) is 0 Å². The summed E-state index contributed by atoms with van der Waals surface area (Å²) in [6.45, 7) is 10.6. The number of rotatable bonds is 10. The molecular weight excluding hydrogens is 372 g/mol. The molecule has 0 aromatic heterocycles. The molecule has 0 bridgehead atoms. The second-order valence-corrected chi connectivity index (χ2v) is 9.57. The highest BCUT2D eigenvalue weighted by atomic mass is 16.5. The van der Waals surface area contributed by atoms with E-state index in [1.54, 1.807) is 6.92 Å². The smallest absolute Gasteiger partial charge is 0.316 e. The lowest BCUT2D eigenvalue weighted by Crippen LogP contribution is -2.44. The fraction of sp³-hybridized carbons (Fsp3) is 0.630. The standard InChI is InChI=1S/C27H40O3/c1-6-7-8-9-13-16-24(28)21(3)26(29)30-25-19-20(2)17-18-23(25)27(4,5)22-14-11-10-12-15-22/h8-12,14-15,20-21,23,25H,6-7,13,16-19H2,1-5H3/b9-8+/t20-,21?,23-,25-/m1/s1. The Balaban J connectivity index is 2.03. The van der Waals surface area contributed by atoms with E-state index in [0.29, 0.717) is 18.8 Å². The van der Waals surface area contributed by atoms with Crippen molar-refractivity contribution in [3.05, 3.63) is 48.0 Å². The van der Waals surface area contributed by atoms with Crippen LogP contribution in [0.4, 0.5) is 0 Å². The molecule has 1 aliphatic rings. The summed E-state index contributed by atoms with van der Waals surface area (Å²) in [5.41, 5.74) is 1.18. The van der Waals surface area contributed by atoms with Gasteiger partial charge in [-0.3, -0.25) is 9.59 Å². The van der Waals surface area contributed by atoms with E-state index in [0.717, 1.165) is 32.1 Å². The first kappa shape index (κ1) is 24.4. The highest BCUT2D eigenvalue weighted by molar-refractivity contribution is 5.98. The van der Waals surface area contributed by atoms with Crippen molar-refractivity contribution >= 4 is 11.8 Å². The number of carbonyl (C=O) groups is 2. The Hall–Kier alpha value is -1.90. The third kappa shape index (κ3) is 6.55. The summed E-state index contributed by atoms with van der Waals surface area (Å²) in [5, 5.41) is 0. The van der Waals surface area contributed by atoms with Gasteiger partial charge < -0.3 is 4.74 Å². The first-order valence-corrected chi connectivity index (χ1v) is 11.7. The number of benzene rings is 1. The zero-order valence-electron chi connectivity index (χ0n) is 19.5. The minimum Gasteiger partial charge on any atom is -0.462 e. The molecule has 1 aromatic carbocycles. The lowest BCUT2D eigenvalue weighted by molar-refractivity contribution is -0.162. The molecule has 166 valence electrons. The third-order valence-corrected chi connectivity index (χ3v) is 6.78. The van der Waals surface area contributed by atoms with Crippen LogP contribution in [-0.4, -0.2) is 17.9 Å². The average Bonchev–Trinajstić information content (AvgIpc) is 2.73. The number of carbonyl (C=O) groups excluding carboxylic acids is 2. The van der Waals surface area contributed by atoms with Crippen molar-refractivity contribution in [2.75, 3.05) is 0 Å². The summed E-state index contributed by atoms with van der Waals surface area (Å²) in [5.74, 6) is -0.295. The van der Waals surface area contributed by atoms with Crippen LogP contribution in [-0.2, 0) is 19.7 Å². The number of Topliss-reactive ketones (excluding diaryl/α,β-unsaturated/α-hetero) is 1. The topological polar surface area (TPSA) is 43.4 Å². The normalized spacial score (nSPS) is 23.3. The van der Waals surface area contributed by atoms with Gasteiger partial charge in [0.1, 0.15) is 17.8 Å². The molecule has 0 saturated heterocycles. The predicted octanol–water partition coefficient (Wildman–Crippen LogP) is 6.65. The van der Waals surface area contributed by atoms with Crippen molar-refractivity contribution in [2.24, 2.45) is 17.8 Å². The molecule has 0 amide bonds. The van der Waals surface area contributed by atoms with E-state index in [4.69, 9.17) is 4.74 Å². The van der Waals surface area contributed by atoms with Gasteiger partial charge in [0, 0.05) is 12.3 Å². The van der Waals surface area contributed by atoms with Gasteiger partial charge >= 0.3 is 5.97 Å². The van der Waals surface area contributed by atoms with Crippen molar-refractivity contribution in [3.63, 3.8) is 0 Å². The van der Waals surface area contributed by atoms with E-state index in [1.165, 1.54) is 5.56 Å². The third-order valence-electron chi connectivity index (χ3n) is 6.78. The molecule has 3 heteroatoms.